The van der Waals surface area contributed by atoms with Crippen molar-refractivity contribution >= 4 is 40.5 Å². The van der Waals surface area contributed by atoms with Crippen molar-refractivity contribution < 1.29 is 19.1 Å². The molecule has 4 rings (SSSR count). The lowest BCUT2D eigenvalue weighted by Crippen LogP contribution is -2.37. The standard InChI is InChI=1S/C36H44N4O4S2/c1-26(2)33(19-35(42)40(3)21-31-23-45-25-38-31)34(41)18-29(16-27-10-6-4-7-11-27)14-15-30(17-28-12-8-5-9-13-28)39-36(43)44-22-32-20-37-24-46-32/h4-13,20,23-26,29-30,33H,14-19,21-22H2,1-3H3,(H,39,43)/t29-,30-,33+/m1/s1. The molecule has 0 saturated heterocycles. The van der Waals surface area contributed by atoms with Gasteiger partial charge >= 0.3 is 6.09 Å². The molecule has 0 spiro atoms. The zero-order chi connectivity index (χ0) is 32.7. The Morgan fingerprint density at radius 3 is 2.22 bits per heavy atom. The van der Waals surface area contributed by atoms with E-state index >= 15 is 0 Å². The first-order valence-electron chi connectivity index (χ1n) is 15.8. The van der Waals surface area contributed by atoms with Crippen molar-refractivity contribution in [3.63, 3.8) is 0 Å². The van der Waals surface area contributed by atoms with E-state index in [1.165, 1.54) is 22.7 Å². The first kappa shape index (κ1) is 35.0. The number of thiazole rings is 2. The van der Waals surface area contributed by atoms with Gasteiger partial charge in [-0.05, 0) is 48.6 Å². The molecule has 3 atom stereocenters. The van der Waals surface area contributed by atoms with Crippen molar-refractivity contribution in [1.82, 2.24) is 20.2 Å². The molecule has 244 valence electrons. The van der Waals surface area contributed by atoms with Crippen LogP contribution in [0.3, 0.4) is 0 Å². The Kier molecular flexibility index (Phi) is 13.9. The number of carbonyl (C=O) groups is 3. The third kappa shape index (κ3) is 11.8. The normalized spacial score (nSPS) is 13.1. The predicted octanol–water partition coefficient (Wildman–Crippen LogP) is 7.36. The molecule has 1 N–H and O–H groups in total. The summed E-state index contributed by atoms with van der Waals surface area (Å²) >= 11 is 2.94. The van der Waals surface area contributed by atoms with Gasteiger partial charge in [0.1, 0.15) is 12.4 Å². The topological polar surface area (TPSA) is 101 Å². The molecule has 0 aliphatic heterocycles. The summed E-state index contributed by atoms with van der Waals surface area (Å²) in [5.41, 5.74) is 6.60. The molecule has 2 amide bonds. The fourth-order valence-electron chi connectivity index (χ4n) is 5.59. The van der Waals surface area contributed by atoms with Crippen molar-refractivity contribution in [2.45, 2.75) is 71.6 Å². The second-order valence-corrected chi connectivity index (χ2v) is 13.9. The number of Topliss-reactive ketones (excluding diaryl/α,β-unsaturated/α-hetero) is 1. The summed E-state index contributed by atoms with van der Waals surface area (Å²) < 4.78 is 5.50. The number of rotatable bonds is 18. The van der Waals surface area contributed by atoms with Crippen molar-refractivity contribution in [3.05, 3.63) is 105 Å². The molecule has 0 unspecified atom stereocenters. The molecular formula is C36H44N4O4S2. The summed E-state index contributed by atoms with van der Waals surface area (Å²) in [6.45, 7) is 4.63. The fraction of sp³-hybridized carbons (Fsp3) is 0.417. The lowest BCUT2D eigenvalue weighted by molar-refractivity contribution is -0.136. The van der Waals surface area contributed by atoms with E-state index in [1.54, 1.807) is 29.2 Å². The third-order valence-electron chi connectivity index (χ3n) is 8.18. The number of hydrogen-bond acceptors (Lipinski definition) is 8. The number of ketones is 1. The molecule has 10 heteroatoms. The molecule has 0 bridgehead atoms. The Morgan fingerprint density at radius 1 is 0.913 bits per heavy atom. The van der Waals surface area contributed by atoms with E-state index in [0.29, 0.717) is 25.8 Å². The number of benzene rings is 2. The van der Waals surface area contributed by atoms with Crippen LogP contribution in [0.1, 0.15) is 61.2 Å². The van der Waals surface area contributed by atoms with E-state index in [0.717, 1.165) is 34.5 Å². The molecule has 2 heterocycles. The van der Waals surface area contributed by atoms with Crippen LogP contribution < -0.4 is 5.32 Å². The molecule has 2 aromatic heterocycles. The molecule has 0 fully saturated rings. The summed E-state index contributed by atoms with van der Waals surface area (Å²) in [6, 6.07) is 20.1. The quantitative estimate of drug-likeness (QED) is 0.120. The Labute approximate surface area is 280 Å². The SMILES string of the molecule is CC(C)[C@H](CC(=O)N(C)Cc1cscn1)C(=O)C[C@H](CC[C@H](Cc1ccccc1)NC(=O)OCc1cncs1)Cc1ccccc1. The van der Waals surface area contributed by atoms with Crippen LogP contribution in [0.25, 0.3) is 0 Å². The van der Waals surface area contributed by atoms with E-state index in [9.17, 15) is 14.4 Å². The molecule has 4 aromatic rings. The van der Waals surface area contributed by atoms with Gasteiger partial charge in [-0.15, -0.1) is 22.7 Å². The maximum absolute atomic E-state index is 13.9. The lowest BCUT2D eigenvalue weighted by atomic mass is 9.81. The second-order valence-electron chi connectivity index (χ2n) is 12.2. The van der Waals surface area contributed by atoms with Gasteiger partial charge in [-0.2, -0.15) is 0 Å². The molecular weight excluding hydrogens is 617 g/mol. The van der Waals surface area contributed by atoms with Crippen LogP contribution in [-0.2, 0) is 40.3 Å². The smallest absolute Gasteiger partial charge is 0.407 e. The lowest BCUT2D eigenvalue weighted by Gasteiger charge is -2.26. The number of nitrogens with one attached hydrogen (secondary N) is 1. The van der Waals surface area contributed by atoms with Crippen LogP contribution >= 0.6 is 22.7 Å². The Balaban J connectivity index is 1.43. The van der Waals surface area contributed by atoms with E-state index in [4.69, 9.17) is 4.74 Å². The van der Waals surface area contributed by atoms with Crippen molar-refractivity contribution in [2.24, 2.45) is 17.8 Å². The highest BCUT2D eigenvalue weighted by Gasteiger charge is 2.29. The molecule has 0 aliphatic carbocycles. The summed E-state index contributed by atoms with van der Waals surface area (Å²) in [7, 11) is 1.77. The molecule has 0 radical (unpaired) electrons. The van der Waals surface area contributed by atoms with Crippen LogP contribution in [-0.4, -0.2) is 45.7 Å². The van der Waals surface area contributed by atoms with Gasteiger partial charge in [-0.25, -0.2) is 9.78 Å². The number of hydrogen-bond donors (Lipinski definition) is 1. The van der Waals surface area contributed by atoms with E-state index in [2.05, 4.69) is 39.6 Å². The van der Waals surface area contributed by atoms with Crippen LogP contribution in [0.15, 0.2) is 83.3 Å². The molecule has 2 aromatic carbocycles. The van der Waals surface area contributed by atoms with Gasteiger partial charge in [0.05, 0.1) is 28.1 Å². The number of amides is 2. The number of aromatic nitrogens is 2. The van der Waals surface area contributed by atoms with Gasteiger partial charge in [0, 0.05) is 43.4 Å². The minimum Gasteiger partial charge on any atom is -0.444 e. The summed E-state index contributed by atoms with van der Waals surface area (Å²) in [4.78, 5) is 50.8. The maximum Gasteiger partial charge on any atom is 0.407 e. The Hall–Kier alpha value is -3.89. The van der Waals surface area contributed by atoms with Crippen LogP contribution in [0.4, 0.5) is 4.79 Å². The minimum absolute atomic E-state index is 0.0299. The number of nitrogens with zero attached hydrogens (tertiary/aromatic N) is 3. The summed E-state index contributed by atoms with van der Waals surface area (Å²) in [5, 5.41) is 5.02. The van der Waals surface area contributed by atoms with Gasteiger partial charge in [0.2, 0.25) is 5.91 Å². The highest BCUT2D eigenvalue weighted by molar-refractivity contribution is 7.09. The third-order valence-corrected chi connectivity index (χ3v) is 9.57. The average molecular weight is 661 g/mol. The number of carbonyl (C=O) groups excluding carboxylic acids is 3. The van der Waals surface area contributed by atoms with Gasteiger partial charge in [0.25, 0.3) is 0 Å². The first-order valence-corrected chi connectivity index (χ1v) is 17.6. The van der Waals surface area contributed by atoms with Crippen molar-refractivity contribution in [2.75, 3.05) is 7.05 Å². The van der Waals surface area contributed by atoms with Gasteiger partial charge in [-0.3, -0.25) is 14.6 Å². The summed E-state index contributed by atoms with van der Waals surface area (Å²) in [6.07, 6.45) is 4.58. The highest BCUT2D eigenvalue weighted by Crippen LogP contribution is 2.27. The van der Waals surface area contributed by atoms with Crippen molar-refractivity contribution in [1.29, 1.82) is 0 Å². The first-order chi connectivity index (χ1) is 22.3. The van der Waals surface area contributed by atoms with Crippen LogP contribution in [0.2, 0.25) is 0 Å². The highest BCUT2D eigenvalue weighted by atomic mass is 32.1. The van der Waals surface area contributed by atoms with Crippen molar-refractivity contribution in [3.8, 4) is 0 Å². The van der Waals surface area contributed by atoms with Gasteiger partial charge < -0.3 is 15.0 Å². The average Bonchev–Trinajstić information content (AvgIpc) is 3.77. The van der Waals surface area contributed by atoms with E-state index in [1.807, 2.05) is 55.6 Å². The van der Waals surface area contributed by atoms with Gasteiger partial charge in [-0.1, -0.05) is 74.5 Å². The number of alkyl carbamates (subject to hydrolysis) is 1. The van der Waals surface area contributed by atoms with Crippen LogP contribution in [0.5, 0.6) is 0 Å². The summed E-state index contributed by atoms with van der Waals surface area (Å²) in [5.74, 6) is -0.232. The van der Waals surface area contributed by atoms with E-state index < -0.39 is 6.09 Å². The zero-order valence-corrected chi connectivity index (χ0v) is 28.5. The number of ether oxygens (including phenoxy) is 1. The molecule has 0 aliphatic rings. The molecule has 8 nitrogen and oxygen atoms in total. The maximum atomic E-state index is 13.9. The van der Waals surface area contributed by atoms with Crippen LogP contribution in [0, 0.1) is 17.8 Å². The monoisotopic (exact) mass is 660 g/mol. The van der Waals surface area contributed by atoms with Gasteiger partial charge in [0.15, 0.2) is 0 Å². The molecule has 0 saturated carbocycles. The predicted molar refractivity (Wildman–Crippen MR) is 183 cm³/mol. The fourth-order valence-corrected chi connectivity index (χ4v) is 6.65. The second kappa shape index (κ2) is 18.3. The molecule has 46 heavy (non-hydrogen) atoms. The van der Waals surface area contributed by atoms with E-state index in [-0.39, 0.29) is 48.5 Å². The largest absolute Gasteiger partial charge is 0.444 e. The minimum atomic E-state index is -0.467. The Morgan fingerprint density at radius 2 is 1.61 bits per heavy atom. The Bertz CT molecular complexity index is 1460. The zero-order valence-electron chi connectivity index (χ0n) is 26.8.